The molecule has 144 valence electrons. The van der Waals surface area contributed by atoms with Crippen molar-refractivity contribution in [2.75, 3.05) is 31.6 Å². The number of rotatable bonds is 5. The largest absolute Gasteiger partial charge is 0.380 e. The molecular formula is C20H28N6O. The first-order valence-electron chi connectivity index (χ1n) is 9.88. The normalized spacial score (nSPS) is 21.5. The van der Waals surface area contributed by atoms with E-state index in [1.165, 1.54) is 32.4 Å². The summed E-state index contributed by atoms with van der Waals surface area (Å²) in [5.41, 5.74) is 2.97. The number of aryl methyl sites for hydroxylation is 2. The van der Waals surface area contributed by atoms with Gasteiger partial charge in [0.2, 0.25) is 5.95 Å². The van der Waals surface area contributed by atoms with Crippen molar-refractivity contribution in [1.29, 1.82) is 0 Å². The lowest BCUT2D eigenvalue weighted by molar-refractivity contribution is 0.110. The lowest BCUT2D eigenvalue weighted by Gasteiger charge is -2.35. The fourth-order valence-electron chi connectivity index (χ4n) is 4.10. The first kappa shape index (κ1) is 18.3. The second kappa shape index (κ2) is 8.27. The Kier molecular flexibility index (Phi) is 5.59. The van der Waals surface area contributed by atoms with Gasteiger partial charge < -0.3 is 10.1 Å². The van der Waals surface area contributed by atoms with Gasteiger partial charge in [-0.2, -0.15) is 0 Å². The molecule has 4 heterocycles. The number of likely N-dealkylation sites (tertiary alicyclic amines) is 1. The van der Waals surface area contributed by atoms with E-state index in [4.69, 9.17) is 4.74 Å². The van der Waals surface area contributed by atoms with E-state index in [0.29, 0.717) is 17.9 Å². The minimum Gasteiger partial charge on any atom is -0.380 e. The zero-order valence-electron chi connectivity index (χ0n) is 16.2. The Morgan fingerprint density at radius 3 is 2.56 bits per heavy atom. The molecule has 2 aliphatic heterocycles. The maximum atomic E-state index is 5.53. The molecule has 0 spiro atoms. The molecule has 0 unspecified atom stereocenters. The second-order valence-electron chi connectivity index (χ2n) is 7.69. The Hall–Kier alpha value is -2.12. The molecule has 0 radical (unpaired) electrons. The number of nitrogens with zero attached hydrogens (tertiary/aromatic N) is 5. The van der Waals surface area contributed by atoms with Crippen LogP contribution in [-0.4, -0.2) is 57.2 Å². The van der Waals surface area contributed by atoms with Crippen LogP contribution in [0.15, 0.2) is 18.5 Å². The summed E-state index contributed by atoms with van der Waals surface area (Å²) in [6.07, 6.45) is 6.27. The smallest absolute Gasteiger partial charge is 0.228 e. The van der Waals surface area contributed by atoms with Crippen LogP contribution in [0.4, 0.5) is 11.8 Å². The van der Waals surface area contributed by atoms with Gasteiger partial charge in [0.1, 0.15) is 12.1 Å². The molecule has 0 amide bonds. The Bertz CT molecular complexity index is 749. The summed E-state index contributed by atoms with van der Waals surface area (Å²) in [6, 6.07) is 4.62. The van der Waals surface area contributed by atoms with Gasteiger partial charge in [0.25, 0.3) is 0 Å². The van der Waals surface area contributed by atoms with E-state index in [-0.39, 0.29) is 0 Å². The Morgan fingerprint density at radius 2 is 1.85 bits per heavy atom. The summed E-state index contributed by atoms with van der Waals surface area (Å²) in [4.78, 5) is 20.3. The van der Waals surface area contributed by atoms with E-state index in [0.717, 1.165) is 42.5 Å². The van der Waals surface area contributed by atoms with Gasteiger partial charge in [-0.05, 0) is 64.6 Å². The van der Waals surface area contributed by atoms with E-state index in [9.17, 15) is 0 Å². The van der Waals surface area contributed by atoms with E-state index in [1.54, 1.807) is 6.33 Å². The lowest BCUT2D eigenvalue weighted by Crippen LogP contribution is -2.42. The van der Waals surface area contributed by atoms with Crippen LogP contribution >= 0.6 is 0 Å². The maximum Gasteiger partial charge on any atom is 0.228 e. The van der Waals surface area contributed by atoms with Gasteiger partial charge in [0.05, 0.1) is 6.61 Å². The third-order valence-corrected chi connectivity index (χ3v) is 5.51. The molecule has 0 aliphatic carbocycles. The quantitative estimate of drug-likeness (QED) is 0.869. The SMILES string of the molecule is Cc1cc(C)nc(Nc2cc(CC3CCN([C@@H]4CCOC4)CC3)ncn2)n1. The minimum absolute atomic E-state index is 0.587. The van der Waals surface area contributed by atoms with Crippen LogP contribution in [0.25, 0.3) is 0 Å². The van der Waals surface area contributed by atoms with Gasteiger partial charge >= 0.3 is 0 Å². The standard InChI is InChI=1S/C20H28N6O/c1-14-9-15(2)24-20(23-14)25-19-11-17(21-13-22-19)10-16-3-6-26(7-4-16)18-5-8-27-12-18/h9,11,13,16,18H,3-8,10,12H2,1-2H3,(H,21,22,23,24,25)/t18-/m1/s1. The van der Waals surface area contributed by atoms with Crippen molar-refractivity contribution in [3.63, 3.8) is 0 Å². The number of hydrogen-bond acceptors (Lipinski definition) is 7. The van der Waals surface area contributed by atoms with Crippen LogP contribution in [0.3, 0.4) is 0 Å². The third-order valence-electron chi connectivity index (χ3n) is 5.51. The molecule has 2 aromatic rings. The van der Waals surface area contributed by atoms with Crippen molar-refractivity contribution in [2.45, 2.75) is 45.6 Å². The first-order chi connectivity index (χ1) is 13.2. The summed E-state index contributed by atoms with van der Waals surface area (Å²) in [5, 5.41) is 3.21. The van der Waals surface area contributed by atoms with Crippen molar-refractivity contribution in [3.8, 4) is 0 Å². The molecular weight excluding hydrogens is 340 g/mol. The van der Waals surface area contributed by atoms with Crippen molar-refractivity contribution >= 4 is 11.8 Å². The monoisotopic (exact) mass is 368 g/mol. The summed E-state index contributed by atoms with van der Waals surface area (Å²) < 4.78 is 5.53. The van der Waals surface area contributed by atoms with Crippen LogP contribution in [0.1, 0.15) is 36.3 Å². The summed E-state index contributed by atoms with van der Waals surface area (Å²) in [5.74, 6) is 2.03. The molecule has 7 heteroatoms. The van der Waals surface area contributed by atoms with Crippen LogP contribution in [-0.2, 0) is 11.2 Å². The number of ether oxygens (including phenoxy) is 1. The highest BCUT2D eigenvalue weighted by molar-refractivity contribution is 5.48. The fraction of sp³-hybridized carbons (Fsp3) is 0.600. The van der Waals surface area contributed by atoms with Gasteiger partial charge in [0.15, 0.2) is 0 Å². The van der Waals surface area contributed by atoms with Gasteiger partial charge in [-0.1, -0.05) is 0 Å². The Labute approximate surface area is 160 Å². The first-order valence-corrected chi connectivity index (χ1v) is 9.88. The molecule has 1 N–H and O–H groups in total. The number of aromatic nitrogens is 4. The van der Waals surface area contributed by atoms with Gasteiger partial charge in [0, 0.05) is 35.8 Å². The van der Waals surface area contributed by atoms with E-state index in [2.05, 4.69) is 30.2 Å². The van der Waals surface area contributed by atoms with Crippen LogP contribution < -0.4 is 5.32 Å². The van der Waals surface area contributed by atoms with Crippen molar-refractivity contribution in [1.82, 2.24) is 24.8 Å². The molecule has 2 saturated heterocycles. The fourth-order valence-corrected chi connectivity index (χ4v) is 4.10. The molecule has 2 aromatic heterocycles. The zero-order chi connectivity index (χ0) is 18.6. The highest BCUT2D eigenvalue weighted by atomic mass is 16.5. The Morgan fingerprint density at radius 1 is 1.07 bits per heavy atom. The zero-order valence-corrected chi connectivity index (χ0v) is 16.2. The molecule has 4 rings (SSSR count). The predicted octanol–water partition coefficient (Wildman–Crippen LogP) is 2.67. The summed E-state index contributed by atoms with van der Waals surface area (Å²) >= 11 is 0. The number of piperidine rings is 1. The number of anilines is 2. The second-order valence-corrected chi connectivity index (χ2v) is 7.69. The molecule has 0 saturated carbocycles. The summed E-state index contributed by atoms with van der Waals surface area (Å²) in [6.45, 7) is 8.11. The molecule has 0 aromatic carbocycles. The number of hydrogen-bond donors (Lipinski definition) is 1. The molecule has 1 atom stereocenters. The van der Waals surface area contributed by atoms with Crippen molar-refractivity contribution in [2.24, 2.45) is 5.92 Å². The van der Waals surface area contributed by atoms with Gasteiger partial charge in [-0.25, -0.2) is 19.9 Å². The molecule has 0 bridgehead atoms. The predicted molar refractivity (Wildman–Crippen MR) is 104 cm³/mol. The molecule has 2 aliphatic rings. The van der Waals surface area contributed by atoms with Crippen molar-refractivity contribution in [3.05, 3.63) is 35.5 Å². The van der Waals surface area contributed by atoms with E-state index in [1.807, 2.05) is 26.0 Å². The maximum absolute atomic E-state index is 5.53. The van der Waals surface area contributed by atoms with E-state index >= 15 is 0 Å². The average molecular weight is 368 g/mol. The van der Waals surface area contributed by atoms with Gasteiger partial charge in [-0.15, -0.1) is 0 Å². The third kappa shape index (κ3) is 4.78. The van der Waals surface area contributed by atoms with Crippen LogP contribution in [0, 0.1) is 19.8 Å². The number of nitrogens with one attached hydrogen (secondary N) is 1. The minimum atomic E-state index is 0.587. The molecule has 7 nitrogen and oxygen atoms in total. The van der Waals surface area contributed by atoms with E-state index < -0.39 is 0 Å². The van der Waals surface area contributed by atoms with Crippen molar-refractivity contribution < 1.29 is 4.74 Å². The van der Waals surface area contributed by atoms with Crippen LogP contribution in [0.5, 0.6) is 0 Å². The average Bonchev–Trinajstić information content (AvgIpc) is 3.16. The topological polar surface area (TPSA) is 76.1 Å². The highest BCUT2D eigenvalue weighted by Gasteiger charge is 2.27. The summed E-state index contributed by atoms with van der Waals surface area (Å²) in [7, 11) is 0. The lowest BCUT2D eigenvalue weighted by atomic mass is 9.91. The van der Waals surface area contributed by atoms with Crippen LogP contribution in [0.2, 0.25) is 0 Å². The van der Waals surface area contributed by atoms with Gasteiger partial charge in [-0.3, -0.25) is 4.90 Å². The molecule has 27 heavy (non-hydrogen) atoms. The molecule has 2 fully saturated rings. The highest BCUT2D eigenvalue weighted by Crippen LogP contribution is 2.25. The Balaban J connectivity index is 1.34.